The first kappa shape index (κ1) is 20.4. The molecule has 0 bridgehead atoms. The van der Waals surface area contributed by atoms with Crippen LogP contribution < -0.4 is 15.1 Å². The second-order valence-electron chi connectivity index (χ2n) is 8.19. The second kappa shape index (κ2) is 8.48. The van der Waals surface area contributed by atoms with Crippen LogP contribution in [0.15, 0.2) is 18.2 Å². The molecule has 8 nitrogen and oxygen atoms in total. The zero-order chi connectivity index (χ0) is 21.3. The molecular weight excluding hydrogens is 389 g/mol. The van der Waals surface area contributed by atoms with Gasteiger partial charge in [-0.3, -0.25) is 14.6 Å². The van der Waals surface area contributed by atoms with E-state index < -0.39 is 12.2 Å². The number of hydrogen-bond acceptors (Lipinski definition) is 6. The van der Waals surface area contributed by atoms with Crippen LogP contribution in [0.25, 0.3) is 0 Å². The van der Waals surface area contributed by atoms with Gasteiger partial charge in [-0.25, -0.2) is 9.18 Å². The van der Waals surface area contributed by atoms with Gasteiger partial charge in [0.15, 0.2) is 0 Å². The highest BCUT2D eigenvalue weighted by Crippen LogP contribution is 2.35. The second-order valence-corrected chi connectivity index (χ2v) is 8.19. The van der Waals surface area contributed by atoms with Gasteiger partial charge >= 0.3 is 6.09 Å². The molecule has 1 aromatic rings. The van der Waals surface area contributed by atoms with Crippen molar-refractivity contribution in [1.82, 2.24) is 10.2 Å². The van der Waals surface area contributed by atoms with E-state index in [1.165, 1.54) is 17.9 Å². The maximum absolute atomic E-state index is 15.0. The van der Waals surface area contributed by atoms with Crippen molar-refractivity contribution in [2.75, 3.05) is 49.1 Å². The predicted molar refractivity (Wildman–Crippen MR) is 109 cm³/mol. The molecule has 3 atom stereocenters. The molecule has 3 aliphatic rings. The Labute approximate surface area is 175 Å². The molecule has 3 aliphatic heterocycles. The number of carbonyl (C=O) groups is 2. The van der Waals surface area contributed by atoms with Gasteiger partial charge in [0.25, 0.3) is 0 Å². The number of hydrogen-bond donors (Lipinski definition) is 1. The van der Waals surface area contributed by atoms with E-state index in [0.29, 0.717) is 30.4 Å². The van der Waals surface area contributed by atoms with E-state index in [2.05, 4.69) is 16.3 Å². The first-order valence-electron chi connectivity index (χ1n) is 10.3. The summed E-state index contributed by atoms with van der Waals surface area (Å²) < 4.78 is 20.3. The number of likely N-dealkylation sites (tertiary alicyclic amines) is 1. The minimum absolute atomic E-state index is 0.195. The lowest BCUT2D eigenvalue weighted by Crippen LogP contribution is -2.45. The summed E-state index contributed by atoms with van der Waals surface area (Å²) in [4.78, 5) is 28.9. The predicted octanol–water partition coefficient (Wildman–Crippen LogP) is 1.71. The number of ether oxygens (including phenoxy) is 1. The molecule has 0 saturated carbocycles. The minimum atomic E-state index is -0.545. The molecule has 0 radical (unpaired) electrons. The summed E-state index contributed by atoms with van der Waals surface area (Å²) in [6.07, 6.45) is 1.15. The van der Waals surface area contributed by atoms with Crippen LogP contribution in [0.1, 0.15) is 19.8 Å². The van der Waals surface area contributed by atoms with Gasteiger partial charge in [-0.2, -0.15) is 5.26 Å². The molecule has 1 N–H and O–H groups in total. The number of nitriles is 1. The molecule has 2 amide bonds. The average Bonchev–Trinajstić information content (AvgIpc) is 3.30. The van der Waals surface area contributed by atoms with E-state index in [1.54, 1.807) is 12.1 Å². The minimum Gasteiger partial charge on any atom is -0.442 e. The lowest BCUT2D eigenvalue weighted by molar-refractivity contribution is -0.119. The van der Waals surface area contributed by atoms with Crippen LogP contribution in [0.4, 0.5) is 20.6 Å². The van der Waals surface area contributed by atoms with E-state index in [1.807, 2.05) is 4.90 Å². The van der Waals surface area contributed by atoms with E-state index in [-0.39, 0.29) is 30.9 Å². The molecule has 3 unspecified atom stereocenters. The number of benzene rings is 1. The maximum atomic E-state index is 15.0. The fraction of sp³-hybridized carbons (Fsp3) is 0.571. The van der Waals surface area contributed by atoms with Crippen LogP contribution in [0.5, 0.6) is 0 Å². The van der Waals surface area contributed by atoms with Gasteiger partial charge in [-0.15, -0.1) is 0 Å². The SMILES string of the molecule is CC(=O)NCC1CN(c2ccc(N3CC4CCCN(CC#N)C4C3)c(F)c2)C(=O)O1. The number of piperidine rings is 1. The maximum Gasteiger partial charge on any atom is 0.414 e. The van der Waals surface area contributed by atoms with E-state index in [9.17, 15) is 9.59 Å². The summed E-state index contributed by atoms with van der Waals surface area (Å²) in [6, 6.07) is 7.33. The molecule has 3 heterocycles. The number of anilines is 2. The molecule has 0 spiro atoms. The van der Waals surface area contributed by atoms with Crippen molar-refractivity contribution in [2.24, 2.45) is 5.92 Å². The quantitative estimate of drug-likeness (QED) is 0.737. The zero-order valence-electron chi connectivity index (χ0n) is 17.0. The summed E-state index contributed by atoms with van der Waals surface area (Å²) in [6.45, 7) is 4.69. The van der Waals surface area contributed by atoms with Gasteiger partial charge in [0, 0.05) is 26.1 Å². The lowest BCUT2D eigenvalue weighted by atomic mass is 9.92. The first-order chi connectivity index (χ1) is 14.5. The summed E-state index contributed by atoms with van der Waals surface area (Å²) in [5.74, 6) is -0.134. The number of halogens is 1. The lowest BCUT2D eigenvalue weighted by Gasteiger charge is -2.34. The Kier molecular flexibility index (Phi) is 5.77. The molecule has 0 aliphatic carbocycles. The van der Waals surface area contributed by atoms with E-state index >= 15 is 4.39 Å². The number of nitrogens with one attached hydrogen (secondary N) is 1. The number of nitrogens with zero attached hydrogens (tertiary/aromatic N) is 4. The average molecular weight is 415 g/mol. The zero-order valence-corrected chi connectivity index (χ0v) is 17.0. The summed E-state index contributed by atoms with van der Waals surface area (Å²) in [7, 11) is 0. The normalized spacial score (nSPS) is 26.3. The van der Waals surface area contributed by atoms with Crippen LogP contribution in [0.2, 0.25) is 0 Å². The molecule has 9 heteroatoms. The van der Waals surface area contributed by atoms with Crippen molar-refractivity contribution in [2.45, 2.75) is 31.9 Å². The fourth-order valence-corrected chi connectivity index (χ4v) is 4.77. The first-order valence-corrected chi connectivity index (χ1v) is 10.3. The molecule has 4 rings (SSSR count). The highest BCUT2D eigenvalue weighted by Gasteiger charge is 2.40. The Morgan fingerprint density at radius 2 is 2.20 bits per heavy atom. The summed E-state index contributed by atoms with van der Waals surface area (Å²) in [5.41, 5.74) is 0.960. The van der Waals surface area contributed by atoms with E-state index in [0.717, 1.165) is 25.9 Å². The molecular formula is C21H26FN5O3. The third kappa shape index (κ3) is 4.05. The van der Waals surface area contributed by atoms with Crippen molar-refractivity contribution >= 4 is 23.4 Å². The summed E-state index contributed by atoms with van der Waals surface area (Å²) in [5, 5.41) is 11.7. The van der Waals surface area contributed by atoms with Crippen molar-refractivity contribution in [3.05, 3.63) is 24.0 Å². The Bertz CT molecular complexity index is 873. The Balaban J connectivity index is 1.45. The number of amides is 2. The molecule has 3 fully saturated rings. The highest BCUT2D eigenvalue weighted by atomic mass is 19.1. The summed E-state index contributed by atoms with van der Waals surface area (Å²) >= 11 is 0. The van der Waals surface area contributed by atoms with Gasteiger partial charge in [-0.1, -0.05) is 0 Å². The van der Waals surface area contributed by atoms with Gasteiger partial charge in [-0.05, 0) is 43.5 Å². The van der Waals surface area contributed by atoms with Gasteiger partial charge in [0.05, 0.1) is 37.1 Å². The van der Waals surface area contributed by atoms with Crippen molar-refractivity contribution in [3.8, 4) is 6.07 Å². The van der Waals surface area contributed by atoms with Crippen LogP contribution in [0, 0.1) is 23.1 Å². The topological polar surface area (TPSA) is 88.9 Å². The number of rotatable bonds is 5. The van der Waals surface area contributed by atoms with Crippen molar-refractivity contribution in [3.63, 3.8) is 0 Å². The third-order valence-corrected chi connectivity index (χ3v) is 6.21. The van der Waals surface area contributed by atoms with Crippen LogP contribution in [-0.4, -0.2) is 68.3 Å². The van der Waals surface area contributed by atoms with Crippen LogP contribution in [0.3, 0.4) is 0 Å². The molecule has 160 valence electrons. The monoisotopic (exact) mass is 415 g/mol. The number of cyclic esters (lactones) is 1. The Morgan fingerprint density at radius 1 is 1.37 bits per heavy atom. The molecule has 0 aromatic heterocycles. The third-order valence-electron chi connectivity index (χ3n) is 6.21. The van der Waals surface area contributed by atoms with Crippen LogP contribution >= 0.6 is 0 Å². The Hall–Kier alpha value is -2.86. The number of fused-ring (bicyclic) bond motifs is 1. The van der Waals surface area contributed by atoms with Gasteiger partial charge < -0.3 is 15.0 Å². The van der Waals surface area contributed by atoms with E-state index in [4.69, 9.17) is 10.00 Å². The Morgan fingerprint density at radius 3 is 2.93 bits per heavy atom. The van der Waals surface area contributed by atoms with Crippen molar-refractivity contribution in [1.29, 1.82) is 5.26 Å². The largest absolute Gasteiger partial charge is 0.442 e. The van der Waals surface area contributed by atoms with Crippen molar-refractivity contribution < 1.29 is 18.7 Å². The van der Waals surface area contributed by atoms with Gasteiger partial charge in [0.1, 0.15) is 11.9 Å². The standard InChI is InChI=1S/C21H26FN5O3/c1-14(28)24-10-17-12-27(21(29)30-17)16-4-5-19(18(22)9-16)26-11-15-3-2-7-25(8-6-23)20(15)13-26/h4-5,9,15,17,20H,2-3,7-8,10-13H2,1H3,(H,24,28). The molecule has 30 heavy (non-hydrogen) atoms. The molecule has 1 aromatic carbocycles. The fourth-order valence-electron chi connectivity index (χ4n) is 4.77. The highest BCUT2D eigenvalue weighted by molar-refractivity contribution is 5.90. The smallest absolute Gasteiger partial charge is 0.414 e. The molecule has 3 saturated heterocycles. The van der Waals surface area contributed by atoms with Crippen LogP contribution in [-0.2, 0) is 9.53 Å². The number of carbonyl (C=O) groups excluding carboxylic acids is 2. The van der Waals surface area contributed by atoms with Gasteiger partial charge in [0.2, 0.25) is 5.91 Å².